The van der Waals surface area contributed by atoms with Gasteiger partial charge in [0.05, 0.1) is 9.92 Å². The molecule has 0 heterocycles. The maximum absolute atomic E-state index is 12.0. The van der Waals surface area contributed by atoms with Crippen LogP contribution in [0.25, 0.3) is 0 Å². The van der Waals surface area contributed by atoms with E-state index in [4.69, 9.17) is 16.3 Å². The smallest absolute Gasteiger partial charge is 0.321 e. The molecule has 6 nitrogen and oxygen atoms in total. The van der Waals surface area contributed by atoms with Crippen molar-refractivity contribution in [3.05, 3.63) is 64.7 Å². The Bertz CT molecular complexity index is 878. The molecule has 2 aromatic carbocycles. The fraction of sp³-hybridized carbons (Fsp3) is 0.176. The molecule has 0 aliphatic rings. The Labute approximate surface area is 150 Å². The summed E-state index contributed by atoms with van der Waals surface area (Å²) in [6, 6.07) is 12.5. The number of halogens is 1. The maximum Gasteiger partial charge on any atom is 0.321 e. The standard InChI is InChI=1S/C17H16ClNO5S/c1-12-6-8-13(9-7-12)25(22,23)19-10-17(21)24-11-16(20)14-4-2-3-5-15(14)18/h2-9,19H,10-11H2,1H3. The SMILES string of the molecule is Cc1ccc(S(=O)(=O)NCC(=O)OCC(=O)c2ccccc2Cl)cc1. The predicted octanol–water partition coefficient (Wildman–Crippen LogP) is 2.35. The first-order valence-corrected chi connectivity index (χ1v) is 9.15. The molecular weight excluding hydrogens is 366 g/mol. The number of sulfonamides is 1. The molecule has 0 saturated carbocycles. The van der Waals surface area contributed by atoms with Crippen LogP contribution in [0.3, 0.4) is 0 Å². The Morgan fingerprint density at radius 1 is 1.08 bits per heavy atom. The Morgan fingerprint density at radius 2 is 1.72 bits per heavy atom. The molecule has 0 unspecified atom stereocenters. The topological polar surface area (TPSA) is 89.5 Å². The van der Waals surface area contributed by atoms with E-state index in [0.717, 1.165) is 5.56 Å². The Morgan fingerprint density at radius 3 is 2.36 bits per heavy atom. The van der Waals surface area contributed by atoms with Crippen LogP contribution in [0.1, 0.15) is 15.9 Å². The largest absolute Gasteiger partial charge is 0.456 e. The van der Waals surface area contributed by atoms with E-state index >= 15 is 0 Å². The average Bonchev–Trinajstić information content (AvgIpc) is 2.59. The first kappa shape index (κ1) is 19.1. The zero-order valence-electron chi connectivity index (χ0n) is 13.4. The molecule has 8 heteroatoms. The van der Waals surface area contributed by atoms with Gasteiger partial charge in [0.1, 0.15) is 6.54 Å². The second-order valence-electron chi connectivity index (χ2n) is 5.20. The summed E-state index contributed by atoms with van der Waals surface area (Å²) in [5.74, 6) is -1.34. The second-order valence-corrected chi connectivity index (χ2v) is 7.38. The molecule has 0 bridgehead atoms. The molecule has 132 valence electrons. The summed E-state index contributed by atoms with van der Waals surface area (Å²) in [5, 5.41) is 0.253. The van der Waals surface area contributed by atoms with E-state index in [0.29, 0.717) is 0 Å². The summed E-state index contributed by atoms with van der Waals surface area (Å²) in [6.07, 6.45) is 0. The van der Waals surface area contributed by atoms with Gasteiger partial charge in [0.2, 0.25) is 15.8 Å². The van der Waals surface area contributed by atoms with Gasteiger partial charge >= 0.3 is 5.97 Å². The Hall–Kier alpha value is -2.22. The molecule has 0 aromatic heterocycles. The van der Waals surface area contributed by atoms with E-state index in [1.807, 2.05) is 6.92 Å². The number of Topliss-reactive ketones (excluding diaryl/α,β-unsaturated/α-hetero) is 1. The molecule has 0 amide bonds. The number of esters is 1. The number of hydrogen-bond donors (Lipinski definition) is 1. The summed E-state index contributed by atoms with van der Waals surface area (Å²) >= 11 is 5.88. The van der Waals surface area contributed by atoms with Crippen LogP contribution in [0.5, 0.6) is 0 Å². The number of nitrogens with one attached hydrogen (secondary N) is 1. The minimum atomic E-state index is -3.83. The Balaban J connectivity index is 1.87. The van der Waals surface area contributed by atoms with Crippen LogP contribution in [0.4, 0.5) is 0 Å². The molecule has 2 rings (SSSR count). The third-order valence-electron chi connectivity index (χ3n) is 3.28. The molecule has 1 N–H and O–H groups in total. The lowest BCUT2D eigenvalue weighted by atomic mass is 10.1. The highest BCUT2D eigenvalue weighted by Gasteiger charge is 2.17. The molecule has 0 atom stereocenters. The number of rotatable bonds is 7. The van der Waals surface area contributed by atoms with Crippen LogP contribution in [-0.2, 0) is 19.6 Å². The van der Waals surface area contributed by atoms with Gasteiger partial charge < -0.3 is 4.74 Å². The quantitative estimate of drug-likeness (QED) is 0.587. The lowest BCUT2D eigenvalue weighted by molar-refractivity contribution is -0.141. The highest BCUT2D eigenvalue weighted by atomic mass is 35.5. The number of carbonyl (C=O) groups is 2. The van der Waals surface area contributed by atoms with E-state index in [1.165, 1.54) is 18.2 Å². The zero-order chi connectivity index (χ0) is 18.4. The number of ether oxygens (including phenoxy) is 1. The lowest BCUT2D eigenvalue weighted by Gasteiger charge is -2.08. The van der Waals surface area contributed by atoms with Crippen molar-refractivity contribution in [2.75, 3.05) is 13.2 Å². The third kappa shape index (κ3) is 5.38. The molecule has 0 fully saturated rings. The van der Waals surface area contributed by atoms with Gasteiger partial charge in [-0.3, -0.25) is 9.59 Å². The zero-order valence-corrected chi connectivity index (χ0v) is 14.9. The van der Waals surface area contributed by atoms with Gasteiger partial charge in [0.25, 0.3) is 0 Å². The van der Waals surface area contributed by atoms with Gasteiger partial charge in [-0.2, -0.15) is 4.72 Å². The van der Waals surface area contributed by atoms with Crippen LogP contribution < -0.4 is 4.72 Å². The first-order chi connectivity index (χ1) is 11.8. The van der Waals surface area contributed by atoms with Crippen LogP contribution in [0.2, 0.25) is 5.02 Å². The monoisotopic (exact) mass is 381 g/mol. The molecule has 0 aliphatic carbocycles. The van der Waals surface area contributed by atoms with Crippen LogP contribution in [0.15, 0.2) is 53.4 Å². The van der Waals surface area contributed by atoms with Crippen LogP contribution in [0, 0.1) is 6.92 Å². The number of carbonyl (C=O) groups excluding carboxylic acids is 2. The minimum absolute atomic E-state index is 0.0399. The third-order valence-corrected chi connectivity index (χ3v) is 5.02. The van der Waals surface area contributed by atoms with E-state index < -0.39 is 34.9 Å². The van der Waals surface area contributed by atoms with Gasteiger partial charge in [-0.05, 0) is 31.2 Å². The number of ketones is 1. The van der Waals surface area contributed by atoms with Crippen LogP contribution in [-0.4, -0.2) is 33.3 Å². The van der Waals surface area contributed by atoms with E-state index in [-0.39, 0.29) is 15.5 Å². The summed E-state index contributed by atoms with van der Waals surface area (Å²) in [6.45, 7) is 0.734. The molecule has 0 aliphatic heterocycles. The summed E-state index contributed by atoms with van der Waals surface area (Å²) < 4.78 is 31.0. The summed E-state index contributed by atoms with van der Waals surface area (Å²) in [4.78, 5) is 23.6. The normalized spacial score (nSPS) is 11.1. The van der Waals surface area contributed by atoms with Crippen molar-refractivity contribution in [1.82, 2.24) is 4.72 Å². The highest BCUT2D eigenvalue weighted by molar-refractivity contribution is 7.89. The molecule has 2 aromatic rings. The van der Waals surface area contributed by atoms with Gasteiger partial charge in [-0.15, -0.1) is 0 Å². The van der Waals surface area contributed by atoms with Crippen molar-refractivity contribution in [1.29, 1.82) is 0 Å². The predicted molar refractivity (Wildman–Crippen MR) is 93.1 cm³/mol. The van der Waals surface area contributed by atoms with Crippen molar-refractivity contribution in [2.24, 2.45) is 0 Å². The van der Waals surface area contributed by atoms with Crippen molar-refractivity contribution in [3.8, 4) is 0 Å². The van der Waals surface area contributed by atoms with Crippen molar-refractivity contribution in [2.45, 2.75) is 11.8 Å². The highest BCUT2D eigenvalue weighted by Crippen LogP contribution is 2.15. The van der Waals surface area contributed by atoms with E-state index in [2.05, 4.69) is 4.72 Å². The van der Waals surface area contributed by atoms with E-state index in [9.17, 15) is 18.0 Å². The second kappa shape index (κ2) is 8.24. The summed E-state index contributed by atoms with van der Waals surface area (Å²) in [5.41, 5.74) is 1.15. The summed E-state index contributed by atoms with van der Waals surface area (Å²) in [7, 11) is -3.83. The number of benzene rings is 2. The average molecular weight is 382 g/mol. The molecule has 0 spiro atoms. The molecule has 0 radical (unpaired) electrons. The number of hydrogen-bond acceptors (Lipinski definition) is 5. The van der Waals surface area contributed by atoms with Crippen molar-refractivity contribution >= 4 is 33.4 Å². The van der Waals surface area contributed by atoms with Gasteiger partial charge in [-0.1, -0.05) is 41.4 Å². The van der Waals surface area contributed by atoms with Gasteiger partial charge in [0.15, 0.2) is 6.61 Å². The van der Waals surface area contributed by atoms with Gasteiger partial charge in [-0.25, -0.2) is 8.42 Å². The van der Waals surface area contributed by atoms with Gasteiger partial charge in [0, 0.05) is 5.56 Å². The van der Waals surface area contributed by atoms with E-state index in [1.54, 1.807) is 30.3 Å². The molecule has 0 saturated heterocycles. The lowest BCUT2D eigenvalue weighted by Crippen LogP contribution is -2.31. The molecule has 25 heavy (non-hydrogen) atoms. The van der Waals surface area contributed by atoms with Crippen LogP contribution >= 0.6 is 11.6 Å². The Kier molecular flexibility index (Phi) is 6.30. The minimum Gasteiger partial charge on any atom is -0.456 e. The maximum atomic E-state index is 12.0. The molecular formula is C17H16ClNO5S. The van der Waals surface area contributed by atoms with Crippen molar-refractivity contribution < 1.29 is 22.7 Å². The fourth-order valence-corrected chi connectivity index (χ4v) is 3.13. The first-order valence-electron chi connectivity index (χ1n) is 7.29. The number of aryl methyl sites for hydroxylation is 1. The van der Waals surface area contributed by atoms with Crippen molar-refractivity contribution in [3.63, 3.8) is 0 Å². The fourth-order valence-electron chi connectivity index (χ4n) is 1.92.